The Kier molecular flexibility index (Phi) is 6.52. The summed E-state index contributed by atoms with van der Waals surface area (Å²) in [5.74, 6) is -0.288. The number of piperazine rings is 1. The number of amides is 2. The molecule has 1 N–H and O–H groups in total. The third-order valence-electron chi connectivity index (χ3n) is 8.21. The first-order valence-electron chi connectivity index (χ1n) is 12.7. The highest BCUT2D eigenvalue weighted by molar-refractivity contribution is 6.34. The lowest BCUT2D eigenvalue weighted by Gasteiger charge is -2.62. The van der Waals surface area contributed by atoms with E-state index in [0.717, 1.165) is 57.8 Å². The minimum atomic E-state index is -1.48. The molecular weight excluding hydrogens is 476 g/mol. The Balaban J connectivity index is 1.10. The Bertz CT molecular complexity index is 1130. The maximum absolute atomic E-state index is 13.0. The maximum atomic E-state index is 13.0. The van der Waals surface area contributed by atoms with Crippen molar-refractivity contribution >= 4 is 29.1 Å². The van der Waals surface area contributed by atoms with Crippen LogP contribution in [0.1, 0.15) is 35.7 Å². The van der Waals surface area contributed by atoms with Crippen molar-refractivity contribution in [3.8, 4) is 0 Å². The molecule has 1 spiro atoms. The number of anilines is 1. The molecule has 7 nitrogen and oxygen atoms in total. The van der Waals surface area contributed by atoms with Gasteiger partial charge in [0.2, 0.25) is 0 Å². The average molecular weight is 511 g/mol. The second kappa shape index (κ2) is 9.36. The van der Waals surface area contributed by atoms with Gasteiger partial charge in [0.15, 0.2) is 5.60 Å². The number of likely N-dealkylation sites (tertiary alicyclic amines) is 1. The smallest absolute Gasteiger partial charge is 0.258 e. The Morgan fingerprint density at radius 1 is 1.03 bits per heavy atom. The van der Waals surface area contributed by atoms with Crippen LogP contribution >= 0.6 is 11.6 Å². The summed E-state index contributed by atoms with van der Waals surface area (Å²) in [6, 6.07) is 15.5. The summed E-state index contributed by atoms with van der Waals surface area (Å²) in [7, 11) is 3.45. The maximum Gasteiger partial charge on any atom is 0.258 e. The highest BCUT2D eigenvalue weighted by atomic mass is 35.5. The van der Waals surface area contributed by atoms with Gasteiger partial charge in [-0.3, -0.25) is 14.5 Å². The second-order valence-electron chi connectivity index (χ2n) is 11.0. The van der Waals surface area contributed by atoms with Gasteiger partial charge in [-0.2, -0.15) is 0 Å². The van der Waals surface area contributed by atoms with Crippen LogP contribution in [0.25, 0.3) is 0 Å². The number of benzene rings is 2. The molecule has 0 bridgehead atoms. The van der Waals surface area contributed by atoms with E-state index in [0.29, 0.717) is 22.2 Å². The summed E-state index contributed by atoms with van der Waals surface area (Å²) in [5.41, 5.74) is 0.955. The van der Waals surface area contributed by atoms with Gasteiger partial charge in [-0.1, -0.05) is 41.9 Å². The van der Waals surface area contributed by atoms with Gasteiger partial charge in [-0.15, -0.1) is 0 Å². The van der Waals surface area contributed by atoms with Crippen LogP contribution in [-0.2, 0) is 10.4 Å². The van der Waals surface area contributed by atoms with Crippen LogP contribution < -0.4 is 4.90 Å². The molecule has 2 amide bonds. The minimum Gasteiger partial charge on any atom is -0.376 e. The predicted molar refractivity (Wildman–Crippen MR) is 141 cm³/mol. The van der Waals surface area contributed by atoms with Crippen molar-refractivity contribution in [2.45, 2.75) is 31.4 Å². The molecule has 8 heteroatoms. The summed E-state index contributed by atoms with van der Waals surface area (Å²) >= 11 is 6.42. The molecule has 3 aliphatic rings. The number of halogens is 1. The number of hydrogen-bond donors (Lipinski definition) is 1. The van der Waals surface area contributed by atoms with Gasteiger partial charge in [-0.25, -0.2) is 0 Å². The first-order valence-corrected chi connectivity index (χ1v) is 13.0. The van der Waals surface area contributed by atoms with Crippen LogP contribution in [0.3, 0.4) is 0 Å². The molecule has 0 aromatic heterocycles. The summed E-state index contributed by atoms with van der Waals surface area (Å²) in [6.07, 6.45) is 2.22. The van der Waals surface area contributed by atoms with Crippen molar-refractivity contribution < 1.29 is 14.7 Å². The van der Waals surface area contributed by atoms with Crippen molar-refractivity contribution in [2.75, 3.05) is 58.3 Å². The standard InChI is InChI=1S/C28H35ClN4O3/c1-27(36,20-7-5-4-6-8-20)26(35)33-18-28(19-33)16-22(17-28)32-13-11-31(12-14-32)21-9-10-23(24(29)15-21)25(34)30(2)3/h4-10,15,22,36H,11-14,16-19H2,1-3H3. The molecule has 2 heterocycles. The molecule has 1 aliphatic carbocycles. The number of carbonyl (C=O) groups is 2. The molecular formula is C28H35ClN4O3. The molecule has 0 radical (unpaired) electrons. The Labute approximate surface area is 218 Å². The molecule has 1 atom stereocenters. The first kappa shape index (κ1) is 25.1. The van der Waals surface area contributed by atoms with E-state index in [1.54, 1.807) is 33.2 Å². The normalized spacial score (nSPS) is 21.5. The van der Waals surface area contributed by atoms with Gasteiger partial charge in [0, 0.05) is 70.5 Å². The zero-order valence-electron chi connectivity index (χ0n) is 21.3. The molecule has 1 saturated carbocycles. The van der Waals surface area contributed by atoms with Gasteiger partial charge >= 0.3 is 0 Å². The number of carbonyl (C=O) groups excluding carboxylic acids is 2. The molecule has 2 aromatic carbocycles. The van der Waals surface area contributed by atoms with Crippen LogP contribution in [0.5, 0.6) is 0 Å². The molecule has 2 aliphatic heterocycles. The lowest BCUT2D eigenvalue weighted by atomic mass is 9.60. The molecule has 192 valence electrons. The second-order valence-corrected chi connectivity index (χ2v) is 11.5. The van der Waals surface area contributed by atoms with Crippen LogP contribution in [0.4, 0.5) is 5.69 Å². The molecule has 36 heavy (non-hydrogen) atoms. The molecule has 2 saturated heterocycles. The van der Waals surface area contributed by atoms with Crippen molar-refractivity contribution in [1.82, 2.24) is 14.7 Å². The van der Waals surface area contributed by atoms with E-state index >= 15 is 0 Å². The van der Waals surface area contributed by atoms with Crippen LogP contribution in [0.2, 0.25) is 5.02 Å². The lowest BCUT2D eigenvalue weighted by molar-refractivity contribution is -0.175. The number of rotatable bonds is 5. The Morgan fingerprint density at radius 2 is 1.67 bits per heavy atom. The summed E-state index contributed by atoms with van der Waals surface area (Å²) in [5, 5.41) is 11.4. The average Bonchev–Trinajstić information content (AvgIpc) is 2.82. The fourth-order valence-electron chi connectivity index (χ4n) is 6.02. The third-order valence-corrected chi connectivity index (χ3v) is 8.53. The van der Waals surface area contributed by atoms with Crippen LogP contribution in [0.15, 0.2) is 48.5 Å². The van der Waals surface area contributed by atoms with Crippen LogP contribution in [-0.4, -0.2) is 91.0 Å². The highest BCUT2D eigenvalue weighted by Crippen LogP contribution is 2.51. The highest BCUT2D eigenvalue weighted by Gasteiger charge is 2.56. The largest absolute Gasteiger partial charge is 0.376 e. The van der Waals surface area contributed by atoms with E-state index < -0.39 is 5.60 Å². The molecule has 1 unspecified atom stereocenters. The quantitative estimate of drug-likeness (QED) is 0.669. The fraction of sp³-hybridized carbons (Fsp3) is 0.500. The summed E-state index contributed by atoms with van der Waals surface area (Å²) in [6.45, 7) is 6.89. The van der Waals surface area contributed by atoms with Gasteiger partial charge in [0.05, 0.1) is 10.6 Å². The van der Waals surface area contributed by atoms with Crippen molar-refractivity contribution in [3.05, 3.63) is 64.7 Å². The Hall–Kier alpha value is -2.61. The predicted octanol–water partition coefficient (Wildman–Crippen LogP) is 3.06. The van der Waals surface area contributed by atoms with Crippen molar-refractivity contribution in [2.24, 2.45) is 5.41 Å². The number of hydrogen-bond acceptors (Lipinski definition) is 5. The zero-order chi connectivity index (χ0) is 25.7. The SMILES string of the molecule is CN(C)C(=O)c1ccc(N2CCN(C3CC4(C3)CN(C(=O)C(C)(O)c3ccccc3)C4)CC2)cc1Cl. The monoisotopic (exact) mass is 510 g/mol. The van der Waals surface area contributed by atoms with Crippen molar-refractivity contribution in [3.63, 3.8) is 0 Å². The third kappa shape index (κ3) is 4.49. The van der Waals surface area contributed by atoms with Gasteiger partial charge in [0.1, 0.15) is 0 Å². The topological polar surface area (TPSA) is 67.3 Å². The van der Waals surface area contributed by atoms with Crippen molar-refractivity contribution in [1.29, 1.82) is 0 Å². The van der Waals surface area contributed by atoms with Crippen LogP contribution in [0, 0.1) is 5.41 Å². The first-order chi connectivity index (χ1) is 17.1. The van der Waals surface area contributed by atoms with Gasteiger partial charge in [0.25, 0.3) is 11.8 Å². The van der Waals surface area contributed by atoms with E-state index in [4.69, 9.17) is 11.6 Å². The Morgan fingerprint density at radius 3 is 2.25 bits per heavy atom. The van der Waals surface area contributed by atoms with Gasteiger partial charge < -0.3 is 19.8 Å². The van der Waals surface area contributed by atoms with E-state index in [2.05, 4.69) is 9.80 Å². The number of nitrogens with zero attached hydrogens (tertiary/aromatic N) is 4. The van der Waals surface area contributed by atoms with Gasteiger partial charge in [-0.05, 0) is 43.5 Å². The lowest BCUT2D eigenvalue weighted by Crippen LogP contribution is -2.70. The van der Waals surface area contributed by atoms with E-state index in [9.17, 15) is 14.7 Å². The molecule has 5 rings (SSSR count). The summed E-state index contributed by atoms with van der Waals surface area (Å²) in [4.78, 5) is 33.5. The number of aliphatic hydroxyl groups is 1. The van der Waals surface area contributed by atoms with E-state index in [-0.39, 0.29) is 17.2 Å². The summed E-state index contributed by atoms with van der Waals surface area (Å²) < 4.78 is 0. The molecule has 3 fully saturated rings. The zero-order valence-corrected chi connectivity index (χ0v) is 22.0. The minimum absolute atomic E-state index is 0.0878. The van der Waals surface area contributed by atoms with E-state index in [1.807, 2.05) is 41.3 Å². The molecule has 2 aromatic rings. The van der Waals surface area contributed by atoms with E-state index in [1.165, 1.54) is 4.90 Å². The fourth-order valence-corrected chi connectivity index (χ4v) is 6.27.